The van der Waals surface area contributed by atoms with Crippen molar-refractivity contribution in [2.24, 2.45) is 4.99 Å². The largest absolute Gasteiger partial charge is 0.401 e. The highest BCUT2D eigenvalue weighted by atomic mass is 127. The number of rotatable bonds is 7. The molecule has 0 spiro atoms. The fourth-order valence-electron chi connectivity index (χ4n) is 2.04. The van der Waals surface area contributed by atoms with Crippen molar-refractivity contribution in [3.05, 3.63) is 35.9 Å². The van der Waals surface area contributed by atoms with Crippen molar-refractivity contribution in [3.63, 3.8) is 0 Å². The quantitative estimate of drug-likeness (QED) is 0.295. The van der Waals surface area contributed by atoms with Crippen LogP contribution in [0.2, 0.25) is 0 Å². The molecule has 0 radical (unpaired) electrons. The summed E-state index contributed by atoms with van der Waals surface area (Å²) in [4.78, 5) is 7.65. The van der Waals surface area contributed by atoms with Crippen molar-refractivity contribution in [2.45, 2.75) is 19.1 Å². The first-order valence-electron chi connectivity index (χ1n) is 7.53. The van der Waals surface area contributed by atoms with E-state index in [1.165, 1.54) is 11.9 Å². The number of nitrogens with zero attached hydrogens (tertiary/aromatic N) is 3. The number of aliphatic imine (C=N–C) groups is 1. The molecule has 8 heteroatoms. The Hall–Kier alpha value is -1.03. The Balaban J connectivity index is 0.00000529. The lowest BCUT2D eigenvalue weighted by Gasteiger charge is -2.20. The SMILES string of the molecule is CN(CCCNC(=NCc1ccccc1)N(C)C)CC(F)(F)F.I. The molecule has 0 heterocycles. The predicted molar refractivity (Wildman–Crippen MR) is 103 cm³/mol. The van der Waals surface area contributed by atoms with E-state index in [1.54, 1.807) is 0 Å². The molecule has 0 aliphatic heterocycles. The van der Waals surface area contributed by atoms with Crippen molar-refractivity contribution >= 4 is 29.9 Å². The van der Waals surface area contributed by atoms with Gasteiger partial charge in [0.2, 0.25) is 0 Å². The molecule has 1 aromatic rings. The molecule has 138 valence electrons. The van der Waals surface area contributed by atoms with E-state index in [1.807, 2.05) is 49.3 Å². The maximum atomic E-state index is 12.2. The average molecular weight is 458 g/mol. The molecule has 1 aromatic carbocycles. The van der Waals surface area contributed by atoms with Gasteiger partial charge in [-0.25, -0.2) is 4.99 Å². The smallest absolute Gasteiger partial charge is 0.356 e. The summed E-state index contributed by atoms with van der Waals surface area (Å²) in [7, 11) is 5.24. The molecule has 4 nitrogen and oxygen atoms in total. The monoisotopic (exact) mass is 458 g/mol. The molecule has 0 bridgehead atoms. The second kappa shape index (κ2) is 11.5. The Labute approximate surface area is 159 Å². The molecule has 0 saturated heterocycles. The van der Waals surface area contributed by atoms with Crippen LogP contribution in [-0.4, -0.2) is 62.7 Å². The van der Waals surface area contributed by atoms with Gasteiger partial charge in [0.25, 0.3) is 0 Å². The van der Waals surface area contributed by atoms with Gasteiger partial charge in [-0.05, 0) is 25.6 Å². The van der Waals surface area contributed by atoms with Crippen LogP contribution in [0.4, 0.5) is 13.2 Å². The lowest BCUT2D eigenvalue weighted by molar-refractivity contribution is -0.143. The summed E-state index contributed by atoms with van der Waals surface area (Å²) in [5.74, 6) is 0.729. The molecule has 1 N–H and O–H groups in total. The number of guanidine groups is 1. The van der Waals surface area contributed by atoms with E-state index in [4.69, 9.17) is 0 Å². The van der Waals surface area contributed by atoms with Gasteiger partial charge in [0.15, 0.2) is 5.96 Å². The number of alkyl halides is 3. The second-order valence-electron chi connectivity index (χ2n) is 5.65. The molecule has 0 aliphatic carbocycles. The van der Waals surface area contributed by atoms with Crippen LogP contribution in [-0.2, 0) is 6.54 Å². The van der Waals surface area contributed by atoms with Gasteiger partial charge in [0, 0.05) is 20.6 Å². The highest BCUT2D eigenvalue weighted by Crippen LogP contribution is 2.15. The minimum Gasteiger partial charge on any atom is -0.356 e. The van der Waals surface area contributed by atoms with Crippen LogP contribution in [0.15, 0.2) is 35.3 Å². The number of benzene rings is 1. The zero-order valence-corrected chi connectivity index (χ0v) is 16.6. The van der Waals surface area contributed by atoms with Crippen LogP contribution >= 0.6 is 24.0 Å². The first kappa shape index (κ1) is 23.0. The van der Waals surface area contributed by atoms with Crippen LogP contribution in [0, 0.1) is 0 Å². The van der Waals surface area contributed by atoms with Gasteiger partial charge in [-0.2, -0.15) is 13.2 Å². The standard InChI is InChI=1S/C16H25F3N4.HI/c1-22(2)15(21-12-14-8-5-4-6-9-14)20-10-7-11-23(3)13-16(17,18)19;/h4-6,8-9H,7,10-13H2,1-3H3,(H,20,21);1H. The normalized spacial score (nSPS) is 12.0. The van der Waals surface area contributed by atoms with E-state index in [2.05, 4.69) is 10.3 Å². The number of halogens is 4. The van der Waals surface area contributed by atoms with E-state index in [0.29, 0.717) is 26.1 Å². The number of hydrogen-bond donors (Lipinski definition) is 1. The number of nitrogens with one attached hydrogen (secondary N) is 1. The molecular weight excluding hydrogens is 432 g/mol. The molecule has 1 rings (SSSR count). The van der Waals surface area contributed by atoms with E-state index < -0.39 is 12.7 Å². The Morgan fingerprint density at radius 2 is 1.75 bits per heavy atom. The Morgan fingerprint density at radius 3 is 2.29 bits per heavy atom. The van der Waals surface area contributed by atoms with Gasteiger partial charge >= 0.3 is 6.18 Å². The third-order valence-corrected chi connectivity index (χ3v) is 3.13. The summed E-state index contributed by atoms with van der Waals surface area (Å²) in [6, 6.07) is 9.88. The minimum absolute atomic E-state index is 0. The zero-order chi connectivity index (χ0) is 17.3. The summed E-state index contributed by atoms with van der Waals surface area (Å²) in [5.41, 5.74) is 1.11. The van der Waals surface area contributed by atoms with Crippen molar-refractivity contribution in [1.82, 2.24) is 15.1 Å². The molecular formula is C16H26F3IN4. The van der Waals surface area contributed by atoms with Gasteiger partial charge in [0.05, 0.1) is 13.1 Å². The fourth-order valence-corrected chi connectivity index (χ4v) is 2.04. The van der Waals surface area contributed by atoms with Gasteiger partial charge in [-0.1, -0.05) is 30.3 Å². The molecule has 0 saturated carbocycles. The molecule has 0 atom stereocenters. The Bertz CT molecular complexity index is 478. The lowest BCUT2D eigenvalue weighted by Crippen LogP contribution is -2.38. The summed E-state index contributed by atoms with van der Waals surface area (Å²) < 4.78 is 36.7. The zero-order valence-electron chi connectivity index (χ0n) is 14.3. The number of hydrogen-bond acceptors (Lipinski definition) is 2. The summed E-state index contributed by atoms with van der Waals surface area (Å²) in [6.45, 7) is 0.644. The second-order valence-corrected chi connectivity index (χ2v) is 5.65. The third-order valence-electron chi connectivity index (χ3n) is 3.13. The molecule has 0 fully saturated rings. The van der Waals surface area contributed by atoms with E-state index in [-0.39, 0.29) is 24.0 Å². The van der Waals surface area contributed by atoms with E-state index in [9.17, 15) is 13.2 Å². The molecule has 0 unspecified atom stereocenters. The topological polar surface area (TPSA) is 30.9 Å². The Morgan fingerprint density at radius 1 is 1.12 bits per heavy atom. The maximum Gasteiger partial charge on any atom is 0.401 e. The molecule has 0 amide bonds. The fraction of sp³-hybridized carbons (Fsp3) is 0.562. The van der Waals surface area contributed by atoms with Gasteiger partial charge in [-0.3, -0.25) is 4.90 Å². The van der Waals surface area contributed by atoms with Crippen molar-refractivity contribution in [1.29, 1.82) is 0 Å². The third kappa shape index (κ3) is 10.7. The van der Waals surface area contributed by atoms with Gasteiger partial charge in [-0.15, -0.1) is 24.0 Å². The van der Waals surface area contributed by atoms with Crippen molar-refractivity contribution in [2.75, 3.05) is 40.8 Å². The van der Waals surface area contributed by atoms with Crippen molar-refractivity contribution in [3.8, 4) is 0 Å². The summed E-state index contributed by atoms with van der Waals surface area (Å²) >= 11 is 0. The summed E-state index contributed by atoms with van der Waals surface area (Å²) in [6.07, 6.45) is -3.53. The molecule has 0 aromatic heterocycles. The highest BCUT2D eigenvalue weighted by Gasteiger charge is 2.28. The van der Waals surface area contributed by atoms with Crippen LogP contribution in [0.25, 0.3) is 0 Å². The lowest BCUT2D eigenvalue weighted by atomic mass is 10.2. The summed E-state index contributed by atoms with van der Waals surface area (Å²) in [5, 5.41) is 3.18. The average Bonchev–Trinajstić information content (AvgIpc) is 2.45. The van der Waals surface area contributed by atoms with Crippen LogP contribution in [0.3, 0.4) is 0 Å². The highest BCUT2D eigenvalue weighted by molar-refractivity contribution is 14.0. The van der Waals surface area contributed by atoms with Crippen LogP contribution in [0.5, 0.6) is 0 Å². The van der Waals surface area contributed by atoms with E-state index >= 15 is 0 Å². The first-order valence-corrected chi connectivity index (χ1v) is 7.53. The van der Waals surface area contributed by atoms with E-state index in [0.717, 1.165) is 11.5 Å². The minimum atomic E-state index is -4.14. The molecule has 0 aliphatic rings. The first-order chi connectivity index (χ1) is 10.8. The van der Waals surface area contributed by atoms with Gasteiger partial charge in [0.1, 0.15) is 0 Å². The van der Waals surface area contributed by atoms with Crippen LogP contribution in [0.1, 0.15) is 12.0 Å². The Kier molecular flexibility index (Phi) is 11.0. The molecule has 24 heavy (non-hydrogen) atoms. The van der Waals surface area contributed by atoms with Gasteiger partial charge < -0.3 is 10.2 Å². The van der Waals surface area contributed by atoms with Crippen LogP contribution < -0.4 is 5.32 Å². The maximum absolute atomic E-state index is 12.2. The van der Waals surface area contributed by atoms with Crippen molar-refractivity contribution < 1.29 is 13.2 Å². The predicted octanol–water partition coefficient (Wildman–Crippen LogP) is 3.20.